The molecule has 29 heavy (non-hydrogen) atoms. The van der Waals surface area contributed by atoms with E-state index in [9.17, 15) is 13.2 Å². The van der Waals surface area contributed by atoms with E-state index in [1.54, 1.807) is 52.2 Å². The lowest BCUT2D eigenvalue weighted by atomic mass is 10.1. The number of rotatable bonds is 5. The zero-order valence-corrected chi connectivity index (χ0v) is 18.1. The van der Waals surface area contributed by atoms with Gasteiger partial charge in [-0.15, -0.1) is 0 Å². The van der Waals surface area contributed by atoms with Gasteiger partial charge < -0.3 is 10.1 Å². The van der Waals surface area contributed by atoms with Crippen LogP contribution in [0.3, 0.4) is 0 Å². The highest BCUT2D eigenvalue weighted by atomic mass is 32.2. The van der Waals surface area contributed by atoms with Crippen LogP contribution in [0.5, 0.6) is 0 Å². The molecule has 2 aromatic rings. The monoisotopic (exact) mass is 437 g/mol. The number of amides is 1. The van der Waals surface area contributed by atoms with Crippen LogP contribution in [-0.4, -0.2) is 41.7 Å². The van der Waals surface area contributed by atoms with Crippen LogP contribution in [0.1, 0.15) is 27.7 Å². The molecule has 2 aromatic heterocycles. The first-order valence-corrected chi connectivity index (χ1v) is 10.6. The molecule has 0 radical (unpaired) electrons. The first kappa shape index (κ1) is 22.7. The van der Waals surface area contributed by atoms with Crippen LogP contribution >= 0.6 is 12.2 Å². The lowest BCUT2D eigenvalue weighted by Crippen LogP contribution is -2.40. The summed E-state index contributed by atoms with van der Waals surface area (Å²) in [4.78, 5) is 19.7. The van der Waals surface area contributed by atoms with Gasteiger partial charge in [0, 0.05) is 35.3 Å². The predicted octanol–water partition coefficient (Wildman–Crippen LogP) is 2.66. The van der Waals surface area contributed by atoms with Gasteiger partial charge in [-0.1, -0.05) is 0 Å². The Labute approximate surface area is 175 Å². The van der Waals surface area contributed by atoms with Crippen LogP contribution < -0.4 is 15.4 Å². The highest BCUT2D eigenvalue weighted by Gasteiger charge is 2.22. The van der Waals surface area contributed by atoms with E-state index >= 15 is 0 Å². The van der Waals surface area contributed by atoms with Crippen LogP contribution in [0.15, 0.2) is 41.7 Å². The van der Waals surface area contributed by atoms with Gasteiger partial charge in [-0.25, -0.2) is 22.9 Å². The van der Waals surface area contributed by atoms with Crippen molar-refractivity contribution in [2.45, 2.75) is 38.1 Å². The molecule has 0 bridgehead atoms. The minimum absolute atomic E-state index is 0.0479. The number of aromatic nitrogens is 2. The molecule has 0 saturated heterocycles. The maximum atomic E-state index is 12.5. The topological polar surface area (TPSA) is 122 Å². The number of hydrogen-bond donors (Lipinski definition) is 3. The summed E-state index contributed by atoms with van der Waals surface area (Å²) >= 11 is 5.01. The number of pyridine rings is 2. The van der Waals surface area contributed by atoms with Gasteiger partial charge in [-0.3, -0.25) is 10.3 Å². The highest BCUT2D eigenvalue weighted by molar-refractivity contribution is 7.89. The van der Waals surface area contributed by atoms with Crippen LogP contribution in [0, 0.1) is 0 Å². The van der Waals surface area contributed by atoms with E-state index in [0.29, 0.717) is 16.9 Å². The molecule has 2 heterocycles. The third-order valence-electron chi connectivity index (χ3n) is 3.29. The van der Waals surface area contributed by atoms with E-state index in [-0.39, 0.29) is 16.6 Å². The Bertz CT molecular complexity index is 986. The summed E-state index contributed by atoms with van der Waals surface area (Å²) in [5.74, 6) is 0.404. The molecule has 0 saturated carbocycles. The van der Waals surface area contributed by atoms with E-state index < -0.39 is 21.7 Å². The Balaban J connectivity index is 2.14. The molecule has 156 valence electrons. The van der Waals surface area contributed by atoms with Crippen molar-refractivity contribution in [2.24, 2.45) is 0 Å². The van der Waals surface area contributed by atoms with Gasteiger partial charge in [0.2, 0.25) is 10.0 Å². The molecule has 0 aliphatic heterocycles. The Hall–Kier alpha value is -2.63. The molecule has 0 aromatic carbocycles. The summed E-state index contributed by atoms with van der Waals surface area (Å²) in [6, 6.07) is 4.90. The first-order valence-electron chi connectivity index (χ1n) is 8.70. The van der Waals surface area contributed by atoms with E-state index in [1.165, 1.54) is 12.3 Å². The number of nitrogens with zero attached hydrogens (tertiary/aromatic N) is 2. The minimum atomic E-state index is -3.70. The Morgan fingerprint density at radius 2 is 1.90 bits per heavy atom. The molecule has 0 unspecified atom stereocenters. The molecule has 0 atom stereocenters. The quantitative estimate of drug-likeness (QED) is 0.610. The van der Waals surface area contributed by atoms with Crippen molar-refractivity contribution in [3.05, 3.63) is 36.8 Å². The first-order chi connectivity index (χ1) is 13.5. The number of carbonyl (C=O) groups excluding carboxylic acids is 1. The summed E-state index contributed by atoms with van der Waals surface area (Å²) in [6.07, 6.45) is 3.72. The molecule has 0 aliphatic carbocycles. The second-order valence-electron chi connectivity index (χ2n) is 7.00. The average molecular weight is 438 g/mol. The third-order valence-corrected chi connectivity index (χ3v) is 5.22. The smallest absolute Gasteiger partial charge is 0.413 e. The van der Waals surface area contributed by atoms with Gasteiger partial charge in [0.15, 0.2) is 5.11 Å². The maximum Gasteiger partial charge on any atom is 0.413 e. The van der Waals surface area contributed by atoms with E-state index in [1.807, 2.05) is 0 Å². The summed E-state index contributed by atoms with van der Waals surface area (Å²) in [7, 11) is -3.70. The highest BCUT2D eigenvalue weighted by Crippen LogP contribution is 2.22. The molecule has 11 heteroatoms. The molecule has 0 aliphatic rings. The average Bonchev–Trinajstić information content (AvgIpc) is 2.60. The maximum absolute atomic E-state index is 12.5. The largest absolute Gasteiger partial charge is 0.450 e. The third kappa shape index (κ3) is 7.04. The molecule has 1 amide bonds. The van der Waals surface area contributed by atoms with E-state index in [4.69, 9.17) is 17.0 Å². The van der Waals surface area contributed by atoms with Crippen LogP contribution in [0.25, 0.3) is 11.1 Å². The van der Waals surface area contributed by atoms with Crippen LogP contribution in [-0.2, 0) is 14.8 Å². The van der Waals surface area contributed by atoms with Crippen molar-refractivity contribution < 1.29 is 17.9 Å². The SMILES string of the molecule is CCOC(=O)NC(=S)Nc1ccc(-c2cncc(S(=O)(=O)NC(C)(C)C)c2)cn1. The zero-order valence-electron chi connectivity index (χ0n) is 16.5. The van der Waals surface area contributed by atoms with Gasteiger partial charge in [0.25, 0.3) is 0 Å². The second-order valence-corrected chi connectivity index (χ2v) is 9.09. The van der Waals surface area contributed by atoms with Crippen LogP contribution in [0.4, 0.5) is 10.6 Å². The number of thiocarbonyl (C=S) groups is 1. The fraction of sp³-hybridized carbons (Fsp3) is 0.333. The van der Waals surface area contributed by atoms with Crippen LogP contribution in [0.2, 0.25) is 0 Å². The molecule has 3 N–H and O–H groups in total. The Morgan fingerprint density at radius 3 is 2.48 bits per heavy atom. The number of nitrogens with one attached hydrogen (secondary N) is 3. The Morgan fingerprint density at radius 1 is 1.17 bits per heavy atom. The predicted molar refractivity (Wildman–Crippen MR) is 114 cm³/mol. The summed E-state index contributed by atoms with van der Waals surface area (Å²) < 4.78 is 32.3. The number of hydrogen-bond acceptors (Lipinski definition) is 7. The summed E-state index contributed by atoms with van der Waals surface area (Å²) in [5, 5.41) is 5.16. The number of sulfonamides is 1. The van der Waals surface area contributed by atoms with Gasteiger partial charge >= 0.3 is 6.09 Å². The lowest BCUT2D eigenvalue weighted by molar-refractivity contribution is 0.158. The number of carbonyl (C=O) groups is 1. The number of anilines is 1. The standard InChI is InChI=1S/C18H23N5O4S2/c1-5-27-17(24)22-16(28)21-15-7-6-12(10-20-15)13-8-14(11-19-9-13)29(25,26)23-18(2,3)4/h6-11,23H,5H2,1-4H3,(H2,20,21,22,24,28). The lowest BCUT2D eigenvalue weighted by Gasteiger charge is -2.20. The van der Waals surface area contributed by atoms with Crippen molar-refractivity contribution in [1.29, 1.82) is 0 Å². The van der Waals surface area contributed by atoms with Crippen molar-refractivity contribution in [2.75, 3.05) is 11.9 Å². The zero-order chi connectivity index (χ0) is 21.7. The number of alkyl carbamates (subject to hydrolysis) is 1. The molecule has 9 nitrogen and oxygen atoms in total. The molecule has 0 spiro atoms. The molecular formula is C18H23N5O4S2. The fourth-order valence-electron chi connectivity index (χ4n) is 2.23. The van der Waals surface area contributed by atoms with E-state index in [2.05, 4.69) is 25.3 Å². The fourth-order valence-corrected chi connectivity index (χ4v) is 3.83. The van der Waals surface area contributed by atoms with E-state index in [0.717, 1.165) is 0 Å². The van der Waals surface area contributed by atoms with Gasteiger partial charge in [-0.2, -0.15) is 0 Å². The summed E-state index contributed by atoms with van der Waals surface area (Å²) in [5.41, 5.74) is 0.646. The van der Waals surface area contributed by atoms with Crippen molar-refractivity contribution in [1.82, 2.24) is 20.0 Å². The molecular weight excluding hydrogens is 414 g/mol. The van der Waals surface area contributed by atoms with Gasteiger partial charge in [-0.05, 0) is 58.1 Å². The van der Waals surface area contributed by atoms with Crippen molar-refractivity contribution in [3.63, 3.8) is 0 Å². The van der Waals surface area contributed by atoms with Gasteiger partial charge in [0.05, 0.1) is 6.61 Å². The van der Waals surface area contributed by atoms with Crippen molar-refractivity contribution >= 4 is 39.3 Å². The summed E-state index contributed by atoms with van der Waals surface area (Å²) in [6.45, 7) is 7.20. The van der Waals surface area contributed by atoms with Crippen molar-refractivity contribution in [3.8, 4) is 11.1 Å². The normalized spacial score (nSPS) is 11.6. The second kappa shape index (κ2) is 9.25. The minimum Gasteiger partial charge on any atom is -0.450 e. The van der Waals surface area contributed by atoms with Gasteiger partial charge in [0.1, 0.15) is 10.7 Å². The number of ether oxygens (including phenoxy) is 1. The Kier molecular flexibility index (Phi) is 7.22. The molecule has 0 fully saturated rings. The molecule has 2 rings (SSSR count).